The van der Waals surface area contributed by atoms with E-state index in [4.69, 9.17) is 9.47 Å². The second-order valence-electron chi connectivity index (χ2n) is 7.34. The molecular formula is C21H21BrF3NO2. The van der Waals surface area contributed by atoms with Crippen LogP contribution in [-0.4, -0.2) is 24.2 Å². The minimum absolute atomic E-state index is 0.0312. The molecule has 2 atom stereocenters. The summed E-state index contributed by atoms with van der Waals surface area (Å²) in [6.45, 7) is 1.51. The van der Waals surface area contributed by atoms with Crippen LogP contribution in [0.25, 0.3) is 0 Å². The minimum atomic E-state index is -4.14. The summed E-state index contributed by atoms with van der Waals surface area (Å²) in [6, 6.07) is 13.5. The van der Waals surface area contributed by atoms with Crippen LogP contribution in [0, 0.1) is 5.92 Å². The maximum absolute atomic E-state index is 13.2. The van der Waals surface area contributed by atoms with E-state index in [0.29, 0.717) is 26.1 Å². The van der Waals surface area contributed by atoms with Crippen molar-refractivity contribution in [2.45, 2.75) is 38.5 Å². The van der Waals surface area contributed by atoms with Gasteiger partial charge in [-0.15, -0.1) is 0 Å². The van der Waals surface area contributed by atoms with Gasteiger partial charge in [0, 0.05) is 34.3 Å². The molecular weight excluding hydrogens is 435 g/mol. The average molecular weight is 456 g/mol. The molecule has 1 fully saturated rings. The van der Waals surface area contributed by atoms with Crippen LogP contribution in [0.4, 0.5) is 13.2 Å². The van der Waals surface area contributed by atoms with E-state index in [1.807, 2.05) is 47.4 Å². The van der Waals surface area contributed by atoms with Crippen LogP contribution < -0.4 is 4.74 Å². The van der Waals surface area contributed by atoms with Crippen molar-refractivity contribution in [1.29, 1.82) is 0 Å². The normalized spacial score (nSPS) is 23.1. The third kappa shape index (κ3) is 4.36. The minimum Gasteiger partial charge on any atom is -0.460 e. The van der Waals surface area contributed by atoms with E-state index in [1.165, 1.54) is 0 Å². The molecule has 1 saturated heterocycles. The summed E-state index contributed by atoms with van der Waals surface area (Å²) in [5.41, 5.74) is 2.70. The van der Waals surface area contributed by atoms with Crippen molar-refractivity contribution < 1.29 is 22.6 Å². The largest absolute Gasteiger partial charge is 0.460 e. The van der Waals surface area contributed by atoms with Crippen LogP contribution in [-0.2, 0) is 17.9 Å². The van der Waals surface area contributed by atoms with Gasteiger partial charge in [0.2, 0.25) is 6.29 Å². The molecule has 3 nitrogen and oxygen atoms in total. The zero-order valence-corrected chi connectivity index (χ0v) is 16.8. The Morgan fingerprint density at radius 2 is 1.93 bits per heavy atom. The number of nitrogens with zero attached hydrogens (tertiary/aromatic N) is 1. The Bertz CT molecular complexity index is 828. The summed E-state index contributed by atoms with van der Waals surface area (Å²) in [7, 11) is 0. The Hall–Kier alpha value is -1.57. The molecule has 0 saturated carbocycles. The first-order chi connectivity index (χ1) is 13.4. The fourth-order valence-electron chi connectivity index (χ4n) is 3.88. The van der Waals surface area contributed by atoms with Gasteiger partial charge in [-0.25, -0.2) is 0 Å². The second kappa shape index (κ2) is 8.05. The van der Waals surface area contributed by atoms with Crippen LogP contribution in [0.2, 0.25) is 0 Å². The number of benzene rings is 2. The number of hydrogen-bond donors (Lipinski definition) is 0. The topological polar surface area (TPSA) is 21.7 Å². The fraction of sp³-hybridized carbons (Fsp3) is 0.429. The first-order valence-corrected chi connectivity index (χ1v) is 10.1. The summed E-state index contributed by atoms with van der Waals surface area (Å²) >= 11 is 3.50. The highest BCUT2D eigenvalue weighted by Gasteiger charge is 2.41. The molecule has 0 aliphatic carbocycles. The number of ether oxygens (including phenoxy) is 2. The Labute approximate surface area is 170 Å². The SMILES string of the molecule is FC(F)(F)[C@@H]1CCCN(Cc2cc(Br)cc3c2O[C@H](c2ccccc2)OC3)C1. The zero-order valence-electron chi connectivity index (χ0n) is 15.2. The monoisotopic (exact) mass is 455 g/mol. The van der Waals surface area contributed by atoms with Gasteiger partial charge in [-0.05, 0) is 31.5 Å². The average Bonchev–Trinajstić information content (AvgIpc) is 2.68. The van der Waals surface area contributed by atoms with E-state index in [0.717, 1.165) is 26.9 Å². The third-order valence-electron chi connectivity index (χ3n) is 5.26. The quantitative estimate of drug-likeness (QED) is 0.580. The predicted octanol–water partition coefficient (Wildman–Crippen LogP) is 5.83. The molecule has 2 aliphatic rings. The molecule has 2 aromatic rings. The summed E-state index contributed by atoms with van der Waals surface area (Å²) in [6.07, 6.45) is -3.90. The van der Waals surface area contributed by atoms with Crippen LogP contribution in [0.1, 0.15) is 35.8 Å². The lowest BCUT2D eigenvalue weighted by atomic mass is 9.96. The Kier molecular flexibility index (Phi) is 5.67. The Morgan fingerprint density at radius 1 is 1.14 bits per heavy atom. The number of piperidine rings is 1. The van der Waals surface area contributed by atoms with Gasteiger partial charge in [-0.3, -0.25) is 4.90 Å². The Morgan fingerprint density at radius 3 is 2.68 bits per heavy atom. The standard InChI is InChI=1S/C21H21BrF3NO2/c22-18-9-15(11-26-8-4-7-17(12-26)21(23,24)25)19-16(10-18)13-27-20(28-19)14-5-2-1-3-6-14/h1-3,5-6,9-10,17,20H,4,7-8,11-13H2/t17-,20-/m1/s1. The highest BCUT2D eigenvalue weighted by atomic mass is 79.9. The lowest BCUT2D eigenvalue weighted by Gasteiger charge is -2.35. The van der Waals surface area contributed by atoms with Crippen LogP contribution >= 0.6 is 15.9 Å². The van der Waals surface area contributed by atoms with Crippen molar-refractivity contribution in [3.8, 4) is 5.75 Å². The first-order valence-electron chi connectivity index (χ1n) is 9.34. The maximum Gasteiger partial charge on any atom is 0.393 e. The van der Waals surface area contributed by atoms with Crippen LogP contribution in [0.5, 0.6) is 5.75 Å². The number of rotatable bonds is 3. The van der Waals surface area contributed by atoms with E-state index in [2.05, 4.69) is 15.9 Å². The van der Waals surface area contributed by atoms with Gasteiger partial charge < -0.3 is 9.47 Å². The molecule has 0 radical (unpaired) electrons. The molecule has 4 rings (SSSR count). The predicted molar refractivity (Wildman–Crippen MR) is 103 cm³/mol. The molecule has 0 bridgehead atoms. The molecule has 2 aromatic carbocycles. The van der Waals surface area contributed by atoms with E-state index in [9.17, 15) is 13.2 Å². The number of fused-ring (bicyclic) bond motifs is 1. The molecule has 28 heavy (non-hydrogen) atoms. The highest BCUT2D eigenvalue weighted by Crippen LogP contribution is 2.39. The lowest BCUT2D eigenvalue weighted by molar-refractivity contribution is -0.187. The summed E-state index contributed by atoms with van der Waals surface area (Å²) < 4.78 is 52.3. The third-order valence-corrected chi connectivity index (χ3v) is 5.71. The zero-order chi connectivity index (χ0) is 19.7. The highest BCUT2D eigenvalue weighted by molar-refractivity contribution is 9.10. The smallest absolute Gasteiger partial charge is 0.393 e. The van der Waals surface area contributed by atoms with Gasteiger partial charge in [0.15, 0.2) is 0 Å². The van der Waals surface area contributed by atoms with Crippen LogP contribution in [0.3, 0.4) is 0 Å². The Balaban J connectivity index is 1.56. The lowest BCUT2D eigenvalue weighted by Crippen LogP contribution is -2.41. The van der Waals surface area contributed by atoms with Crippen molar-refractivity contribution in [1.82, 2.24) is 4.90 Å². The number of alkyl halides is 3. The second-order valence-corrected chi connectivity index (χ2v) is 8.26. The summed E-state index contributed by atoms with van der Waals surface area (Å²) in [5.74, 6) is -0.539. The van der Waals surface area contributed by atoms with Gasteiger partial charge in [-0.1, -0.05) is 46.3 Å². The van der Waals surface area contributed by atoms with Crippen molar-refractivity contribution in [2.24, 2.45) is 5.92 Å². The molecule has 0 aromatic heterocycles. The van der Waals surface area contributed by atoms with Crippen molar-refractivity contribution >= 4 is 15.9 Å². The van der Waals surface area contributed by atoms with Gasteiger partial charge in [-0.2, -0.15) is 13.2 Å². The first kappa shape index (κ1) is 19.7. The summed E-state index contributed by atoms with van der Waals surface area (Å²) in [5, 5.41) is 0. The van der Waals surface area contributed by atoms with Crippen molar-refractivity contribution in [2.75, 3.05) is 13.1 Å². The maximum atomic E-state index is 13.2. The van der Waals surface area contributed by atoms with E-state index < -0.39 is 18.4 Å². The van der Waals surface area contributed by atoms with Gasteiger partial charge in [0.25, 0.3) is 0 Å². The molecule has 150 valence electrons. The molecule has 0 amide bonds. The van der Waals surface area contributed by atoms with Crippen LogP contribution in [0.15, 0.2) is 46.9 Å². The molecule has 7 heteroatoms. The molecule has 0 unspecified atom stereocenters. The van der Waals surface area contributed by atoms with Crippen molar-refractivity contribution in [3.63, 3.8) is 0 Å². The molecule has 0 spiro atoms. The number of likely N-dealkylation sites (tertiary alicyclic amines) is 1. The van der Waals surface area contributed by atoms with E-state index >= 15 is 0 Å². The van der Waals surface area contributed by atoms with Gasteiger partial charge in [0.1, 0.15) is 5.75 Å². The van der Waals surface area contributed by atoms with E-state index in [1.54, 1.807) is 0 Å². The van der Waals surface area contributed by atoms with Gasteiger partial charge >= 0.3 is 6.18 Å². The van der Waals surface area contributed by atoms with E-state index in [-0.39, 0.29) is 13.0 Å². The fourth-order valence-corrected chi connectivity index (χ4v) is 4.43. The van der Waals surface area contributed by atoms with Gasteiger partial charge in [0.05, 0.1) is 12.5 Å². The molecule has 2 aliphatic heterocycles. The number of hydrogen-bond acceptors (Lipinski definition) is 3. The molecule has 0 N–H and O–H groups in total. The summed E-state index contributed by atoms with van der Waals surface area (Å²) in [4.78, 5) is 1.88. The number of halogens is 4. The van der Waals surface area contributed by atoms with Crippen molar-refractivity contribution in [3.05, 3.63) is 63.6 Å². The molecule has 2 heterocycles.